The minimum Gasteiger partial charge on any atom is -0.466 e. The van der Waals surface area contributed by atoms with E-state index < -0.39 is 0 Å². The van der Waals surface area contributed by atoms with Gasteiger partial charge >= 0.3 is 0 Å². The van der Waals surface area contributed by atoms with E-state index in [0.717, 1.165) is 24.4 Å². The Morgan fingerprint density at radius 1 is 0.600 bits per heavy atom. The standard InChI is InChI=1S/C24H46O/c1-9-11-13-15-17-19-21(23(3,4)5)25-22(24(6,7)8)20-18-16-14-12-10-2/h19-20H,9-18H2,1-8H3. The predicted octanol–water partition coefficient (Wildman–Crippen LogP) is 8.80. The topological polar surface area (TPSA) is 9.23 Å². The Morgan fingerprint density at radius 3 is 1.24 bits per heavy atom. The van der Waals surface area contributed by atoms with Gasteiger partial charge in [0, 0.05) is 10.8 Å². The summed E-state index contributed by atoms with van der Waals surface area (Å²) in [5.41, 5.74) is 0.106. The second kappa shape index (κ2) is 12.6. The third-order valence-electron chi connectivity index (χ3n) is 4.47. The number of rotatable bonds is 12. The van der Waals surface area contributed by atoms with Crippen LogP contribution in [0.25, 0.3) is 0 Å². The third-order valence-corrected chi connectivity index (χ3v) is 4.47. The van der Waals surface area contributed by atoms with Crippen LogP contribution in [0.15, 0.2) is 23.7 Å². The summed E-state index contributed by atoms with van der Waals surface area (Å²) in [6.07, 6.45) is 17.4. The first-order valence-corrected chi connectivity index (χ1v) is 10.7. The molecule has 0 heterocycles. The second-order valence-corrected chi connectivity index (χ2v) is 9.44. The summed E-state index contributed by atoms with van der Waals surface area (Å²) in [5.74, 6) is 2.28. The fourth-order valence-electron chi connectivity index (χ4n) is 2.73. The first kappa shape index (κ1) is 24.3. The maximum absolute atomic E-state index is 6.51. The van der Waals surface area contributed by atoms with Crippen molar-refractivity contribution in [1.82, 2.24) is 0 Å². The number of hydrogen-bond donors (Lipinski definition) is 0. The molecule has 0 N–H and O–H groups in total. The molecule has 0 aliphatic rings. The number of ether oxygens (including phenoxy) is 1. The summed E-state index contributed by atoms with van der Waals surface area (Å²) in [4.78, 5) is 0. The molecular weight excluding hydrogens is 304 g/mol. The van der Waals surface area contributed by atoms with Gasteiger partial charge in [0.25, 0.3) is 0 Å². The second-order valence-electron chi connectivity index (χ2n) is 9.44. The third kappa shape index (κ3) is 12.3. The molecule has 0 aliphatic carbocycles. The number of unbranched alkanes of at least 4 members (excludes halogenated alkanes) is 8. The Hall–Kier alpha value is -0.720. The van der Waals surface area contributed by atoms with Crippen LogP contribution in [-0.4, -0.2) is 0 Å². The van der Waals surface area contributed by atoms with Crippen LogP contribution in [0.5, 0.6) is 0 Å². The molecule has 1 heteroatoms. The van der Waals surface area contributed by atoms with Crippen molar-refractivity contribution in [1.29, 1.82) is 0 Å². The molecule has 1 nitrogen and oxygen atoms in total. The van der Waals surface area contributed by atoms with Crippen LogP contribution in [0.3, 0.4) is 0 Å². The lowest BCUT2D eigenvalue weighted by Gasteiger charge is -2.30. The van der Waals surface area contributed by atoms with E-state index in [1.165, 1.54) is 51.4 Å². The van der Waals surface area contributed by atoms with Crippen molar-refractivity contribution < 1.29 is 4.74 Å². The zero-order valence-electron chi connectivity index (χ0n) is 18.6. The monoisotopic (exact) mass is 350 g/mol. The Labute approximate surface area is 159 Å². The Balaban J connectivity index is 4.96. The summed E-state index contributed by atoms with van der Waals surface area (Å²) in [6.45, 7) is 18.1. The fourth-order valence-corrected chi connectivity index (χ4v) is 2.73. The van der Waals surface area contributed by atoms with Crippen LogP contribution in [0.4, 0.5) is 0 Å². The van der Waals surface area contributed by atoms with Gasteiger partial charge in [-0.2, -0.15) is 0 Å². The van der Waals surface area contributed by atoms with Crippen LogP contribution in [0.2, 0.25) is 0 Å². The molecule has 25 heavy (non-hydrogen) atoms. The molecule has 148 valence electrons. The fraction of sp³-hybridized carbons (Fsp3) is 0.833. The van der Waals surface area contributed by atoms with E-state index in [4.69, 9.17) is 4.74 Å². The van der Waals surface area contributed by atoms with Crippen LogP contribution >= 0.6 is 0 Å². The first-order valence-electron chi connectivity index (χ1n) is 10.7. The zero-order chi connectivity index (χ0) is 19.3. The summed E-state index contributed by atoms with van der Waals surface area (Å²) in [7, 11) is 0. The molecule has 0 atom stereocenters. The van der Waals surface area contributed by atoms with Crippen LogP contribution in [0, 0.1) is 10.8 Å². The molecule has 0 amide bonds. The minimum absolute atomic E-state index is 0.0529. The highest BCUT2D eigenvalue weighted by molar-refractivity contribution is 5.12. The molecule has 0 aliphatic heterocycles. The lowest BCUT2D eigenvalue weighted by Crippen LogP contribution is -2.18. The molecule has 0 radical (unpaired) electrons. The SMILES string of the molecule is CCCCCCC=C(OC(=CCCCCCC)C(C)(C)C)C(C)(C)C. The van der Waals surface area contributed by atoms with Gasteiger partial charge in [0.2, 0.25) is 0 Å². The predicted molar refractivity (Wildman–Crippen MR) is 114 cm³/mol. The Kier molecular flexibility index (Phi) is 12.2. The van der Waals surface area contributed by atoms with Gasteiger partial charge in [-0.15, -0.1) is 0 Å². The molecule has 0 aromatic carbocycles. The van der Waals surface area contributed by atoms with Gasteiger partial charge in [0.1, 0.15) is 11.5 Å². The molecule has 0 saturated carbocycles. The normalized spacial score (nSPS) is 14.1. The van der Waals surface area contributed by atoms with Crippen molar-refractivity contribution >= 4 is 0 Å². The number of allylic oxidation sites excluding steroid dienone is 4. The van der Waals surface area contributed by atoms with Gasteiger partial charge in [-0.05, 0) is 37.8 Å². The Morgan fingerprint density at radius 2 is 0.960 bits per heavy atom. The average Bonchev–Trinajstić information content (AvgIpc) is 2.49. The van der Waals surface area contributed by atoms with Crippen molar-refractivity contribution in [2.24, 2.45) is 10.8 Å². The molecule has 0 unspecified atom stereocenters. The minimum atomic E-state index is 0.0529. The summed E-state index contributed by atoms with van der Waals surface area (Å²) in [5, 5.41) is 0. The highest BCUT2D eigenvalue weighted by Crippen LogP contribution is 2.35. The average molecular weight is 351 g/mol. The van der Waals surface area contributed by atoms with E-state index >= 15 is 0 Å². The Bertz CT molecular complexity index is 349. The summed E-state index contributed by atoms with van der Waals surface area (Å²) >= 11 is 0. The lowest BCUT2D eigenvalue weighted by atomic mass is 9.90. The van der Waals surface area contributed by atoms with Gasteiger partial charge < -0.3 is 4.74 Å². The zero-order valence-corrected chi connectivity index (χ0v) is 18.6. The van der Waals surface area contributed by atoms with E-state index in [2.05, 4.69) is 67.5 Å². The highest BCUT2D eigenvalue weighted by atomic mass is 16.5. The summed E-state index contributed by atoms with van der Waals surface area (Å²) in [6, 6.07) is 0. The molecular formula is C24H46O. The van der Waals surface area contributed by atoms with Gasteiger partial charge in [0.15, 0.2) is 0 Å². The molecule has 0 saturated heterocycles. The lowest BCUT2D eigenvalue weighted by molar-refractivity contribution is 0.162. The van der Waals surface area contributed by atoms with E-state index in [1.807, 2.05) is 0 Å². The molecule has 0 aromatic heterocycles. The smallest absolute Gasteiger partial charge is 0.105 e. The molecule has 0 fully saturated rings. The van der Waals surface area contributed by atoms with Crippen LogP contribution < -0.4 is 0 Å². The molecule has 0 spiro atoms. The van der Waals surface area contributed by atoms with E-state index in [9.17, 15) is 0 Å². The van der Waals surface area contributed by atoms with Crippen molar-refractivity contribution in [2.45, 2.75) is 120 Å². The quantitative estimate of drug-likeness (QED) is 0.252. The van der Waals surface area contributed by atoms with Crippen molar-refractivity contribution in [2.75, 3.05) is 0 Å². The van der Waals surface area contributed by atoms with Crippen LogP contribution in [-0.2, 0) is 4.74 Å². The molecule has 0 aromatic rings. The van der Waals surface area contributed by atoms with E-state index in [1.54, 1.807) is 0 Å². The van der Waals surface area contributed by atoms with Crippen LogP contribution in [0.1, 0.15) is 120 Å². The van der Waals surface area contributed by atoms with Crippen molar-refractivity contribution in [3.8, 4) is 0 Å². The number of hydrogen-bond acceptors (Lipinski definition) is 1. The maximum atomic E-state index is 6.51. The van der Waals surface area contributed by atoms with Gasteiger partial charge in [0.05, 0.1) is 0 Å². The molecule has 0 bridgehead atoms. The van der Waals surface area contributed by atoms with Gasteiger partial charge in [-0.1, -0.05) is 93.9 Å². The van der Waals surface area contributed by atoms with Crippen molar-refractivity contribution in [3.05, 3.63) is 23.7 Å². The maximum Gasteiger partial charge on any atom is 0.105 e. The van der Waals surface area contributed by atoms with Crippen molar-refractivity contribution in [3.63, 3.8) is 0 Å². The first-order chi connectivity index (χ1) is 11.6. The largest absolute Gasteiger partial charge is 0.466 e. The summed E-state index contributed by atoms with van der Waals surface area (Å²) < 4.78 is 6.51. The van der Waals surface area contributed by atoms with E-state index in [0.29, 0.717) is 0 Å². The molecule has 0 rings (SSSR count). The van der Waals surface area contributed by atoms with Gasteiger partial charge in [-0.3, -0.25) is 0 Å². The highest BCUT2D eigenvalue weighted by Gasteiger charge is 2.25. The van der Waals surface area contributed by atoms with Gasteiger partial charge in [-0.25, -0.2) is 0 Å². The van der Waals surface area contributed by atoms with E-state index in [-0.39, 0.29) is 10.8 Å².